The molecule has 0 amide bonds. The maximum Gasteiger partial charge on any atom is 0.178 e. The third kappa shape index (κ3) is 3.69. The number of imidazole rings is 1. The van der Waals surface area contributed by atoms with Crippen LogP contribution in [0.4, 0.5) is 5.82 Å². The number of benzene rings is 1. The van der Waals surface area contributed by atoms with Gasteiger partial charge in [0.2, 0.25) is 0 Å². The number of anilines is 1. The number of pyridine rings is 2. The highest BCUT2D eigenvalue weighted by atomic mass is 35.5. The molecule has 4 aromatic rings. The predicted molar refractivity (Wildman–Crippen MR) is 117 cm³/mol. The Labute approximate surface area is 173 Å². The highest BCUT2D eigenvalue weighted by molar-refractivity contribution is 6.30. The van der Waals surface area contributed by atoms with Crippen molar-refractivity contribution < 1.29 is 0 Å². The first-order valence-corrected chi connectivity index (χ1v) is 10.1. The predicted octanol–water partition coefficient (Wildman–Crippen LogP) is 4.27. The third-order valence-electron chi connectivity index (χ3n) is 5.40. The molecule has 0 saturated carbocycles. The maximum atomic E-state index is 6.00. The molecule has 7 heteroatoms. The molecule has 0 spiro atoms. The average molecular weight is 405 g/mol. The fourth-order valence-corrected chi connectivity index (χ4v) is 3.80. The number of nitrogens with two attached hydrogens (primary N) is 1. The van der Waals surface area contributed by atoms with E-state index < -0.39 is 0 Å². The number of piperidine rings is 1. The van der Waals surface area contributed by atoms with Crippen LogP contribution < -0.4 is 10.6 Å². The fraction of sp³-hybridized carbons (Fsp3) is 0.227. The van der Waals surface area contributed by atoms with Crippen LogP contribution >= 0.6 is 11.6 Å². The first-order chi connectivity index (χ1) is 14.2. The van der Waals surface area contributed by atoms with Crippen LogP contribution in [0.15, 0.2) is 54.9 Å². The van der Waals surface area contributed by atoms with Crippen molar-refractivity contribution in [3.8, 4) is 22.5 Å². The number of rotatable bonds is 3. The van der Waals surface area contributed by atoms with Gasteiger partial charge in [0.15, 0.2) is 5.65 Å². The molecule has 1 aromatic carbocycles. The minimum Gasteiger partial charge on any atom is -0.357 e. The first kappa shape index (κ1) is 18.1. The van der Waals surface area contributed by atoms with Gasteiger partial charge in [-0.1, -0.05) is 11.6 Å². The Bertz CT molecular complexity index is 1130. The molecule has 5 rings (SSSR count). The van der Waals surface area contributed by atoms with Crippen molar-refractivity contribution in [2.45, 2.75) is 18.9 Å². The van der Waals surface area contributed by atoms with Crippen LogP contribution in [0.25, 0.3) is 33.7 Å². The van der Waals surface area contributed by atoms with E-state index >= 15 is 0 Å². The molecule has 1 aliphatic rings. The summed E-state index contributed by atoms with van der Waals surface area (Å²) in [5.41, 5.74) is 10.6. The van der Waals surface area contributed by atoms with Crippen LogP contribution in [-0.4, -0.2) is 39.1 Å². The van der Waals surface area contributed by atoms with E-state index in [9.17, 15) is 0 Å². The van der Waals surface area contributed by atoms with Crippen molar-refractivity contribution in [1.82, 2.24) is 19.9 Å². The molecule has 0 atom stereocenters. The summed E-state index contributed by atoms with van der Waals surface area (Å²) < 4.78 is 0. The monoisotopic (exact) mass is 404 g/mol. The first-order valence-electron chi connectivity index (χ1n) is 9.74. The summed E-state index contributed by atoms with van der Waals surface area (Å²) in [5.74, 6) is 1.78. The van der Waals surface area contributed by atoms with Gasteiger partial charge in [-0.25, -0.2) is 15.0 Å². The Balaban J connectivity index is 1.40. The Morgan fingerprint density at radius 3 is 2.38 bits per heavy atom. The lowest BCUT2D eigenvalue weighted by Crippen LogP contribution is -2.40. The van der Waals surface area contributed by atoms with Crippen molar-refractivity contribution in [2.24, 2.45) is 5.73 Å². The lowest BCUT2D eigenvalue weighted by Gasteiger charge is -2.31. The number of nitrogens with zero attached hydrogens (tertiary/aromatic N) is 4. The summed E-state index contributed by atoms with van der Waals surface area (Å²) in [6.45, 7) is 1.92. The van der Waals surface area contributed by atoms with E-state index in [4.69, 9.17) is 17.3 Å². The lowest BCUT2D eigenvalue weighted by atomic mass is 10.1. The minimum absolute atomic E-state index is 0.315. The van der Waals surface area contributed by atoms with E-state index in [1.807, 2.05) is 36.7 Å². The number of hydrogen-bond acceptors (Lipinski definition) is 5. The number of hydrogen-bond donors (Lipinski definition) is 2. The molecule has 0 unspecified atom stereocenters. The second-order valence-electron chi connectivity index (χ2n) is 7.42. The molecule has 1 fully saturated rings. The summed E-state index contributed by atoms with van der Waals surface area (Å²) in [4.78, 5) is 19.4. The molecule has 0 radical (unpaired) electrons. The quantitative estimate of drug-likeness (QED) is 0.532. The smallest absolute Gasteiger partial charge is 0.178 e. The van der Waals surface area contributed by atoms with Crippen LogP contribution in [0.3, 0.4) is 0 Å². The number of nitrogens with one attached hydrogen (secondary N) is 1. The van der Waals surface area contributed by atoms with E-state index in [0.717, 1.165) is 59.8 Å². The van der Waals surface area contributed by atoms with Crippen molar-refractivity contribution in [3.05, 3.63) is 59.9 Å². The zero-order valence-electron chi connectivity index (χ0n) is 15.8. The topological polar surface area (TPSA) is 83.7 Å². The SMILES string of the molecule is NC1CCN(c2ccc(-c3cnc4nc(-c5ccc(Cl)cc5)[nH]c4c3)cn2)CC1. The molecule has 3 aromatic heterocycles. The molecule has 1 aliphatic heterocycles. The minimum atomic E-state index is 0.315. The number of halogens is 1. The molecule has 6 nitrogen and oxygen atoms in total. The van der Waals surface area contributed by atoms with Gasteiger partial charge in [0.05, 0.1) is 5.52 Å². The molecule has 4 heterocycles. The highest BCUT2D eigenvalue weighted by Crippen LogP contribution is 2.26. The third-order valence-corrected chi connectivity index (χ3v) is 5.65. The number of aromatic amines is 1. The number of aromatic nitrogens is 4. The zero-order valence-corrected chi connectivity index (χ0v) is 16.6. The van der Waals surface area contributed by atoms with Gasteiger partial charge in [-0.05, 0) is 55.3 Å². The van der Waals surface area contributed by atoms with Gasteiger partial charge in [0.25, 0.3) is 0 Å². The van der Waals surface area contributed by atoms with E-state index in [1.54, 1.807) is 0 Å². The van der Waals surface area contributed by atoms with Gasteiger partial charge < -0.3 is 15.6 Å². The largest absolute Gasteiger partial charge is 0.357 e. The molecular weight excluding hydrogens is 384 g/mol. The van der Waals surface area contributed by atoms with E-state index in [1.165, 1.54) is 0 Å². The molecule has 0 bridgehead atoms. The van der Waals surface area contributed by atoms with Crippen LogP contribution in [-0.2, 0) is 0 Å². The normalized spacial score (nSPS) is 15.2. The van der Waals surface area contributed by atoms with E-state index in [0.29, 0.717) is 16.7 Å². The molecule has 146 valence electrons. The molecule has 29 heavy (non-hydrogen) atoms. The van der Waals surface area contributed by atoms with Crippen LogP contribution in [0.2, 0.25) is 5.02 Å². The highest BCUT2D eigenvalue weighted by Gasteiger charge is 2.17. The van der Waals surface area contributed by atoms with Gasteiger partial charge in [0.1, 0.15) is 11.6 Å². The van der Waals surface area contributed by atoms with Crippen molar-refractivity contribution in [1.29, 1.82) is 0 Å². The van der Waals surface area contributed by atoms with E-state index in [2.05, 4.69) is 43.0 Å². The van der Waals surface area contributed by atoms with Gasteiger partial charge >= 0.3 is 0 Å². The summed E-state index contributed by atoms with van der Waals surface area (Å²) in [7, 11) is 0. The van der Waals surface area contributed by atoms with Crippen molar-refractivity contribution in [2.75, 3.05) is 18.0 Å². The van der Waals surface area contributed by atoms with Crippen LogP contribution in [0.5, 0.6) is 0 Å². The summed E-state index contributed by atoms with van der Waals surface area (Å²) in [6.07, 6.45) is 5.77. The molecular formula is C22H21ClN6. The Kier molecular flexibility index (Phi) is 4.66. The Hall–Kier alpha value is -2.96. The van der Waals surface area contributed by atoms with Gasteiger partial charge in [-0.15, -0.1) is 0 Å². The van der Waals surface area contributed by atoms with Gasteiger partial charge in [-0.3, -0.25) is 0 Å². The van der Waals surface area contributed by atoms with Crippen LogP contribution in [0.1, 0.15) is 12.8 Å². The second-order valence-corrected chi connectivity index (χ2v) is 7.85. The maximum absolute atomic E-state index is 6.00. The summed E-state index contributed by atoms with van der Waals surface area (Å²) >= 11 is 5.98. The van der Waals surface area contributed by atoms with Crippen molar-refractivity contribution in [3.63, 3.8) is 0 Å². The lowest BCUT2D eigenvalue weighted by molar-refractivity contribution is 0.498. The standard InChI is InChI=1S/C22H21ClN6/c23-17-4-1-14(2-5-17)21-27-19-11-16(13-26-22(19)28-21)15-3-6-20(25-12-15)29-9-7-18(24)8-10-29/h1-6,11-13,18H,7-10,24H2,(H,26,27,28). The van der Waals surface area contributed by atoms with Crippen molar-refractivity contribution >= 4 is 28.6 Å². The van der Waals surface area contributed by atoms with E-state index in [-0.39, 0.29) is 0 Å². The summed E-state index contributed by atoms with van der Waals surface area (Å²) in [6, 6.07) is 14.1. The average Bonchev–Trinajstić information content (AvgIpc) is 3.18. The molecule has 1 saturated heterocycles. The summed E-state index contributed by atoms with van der Waals surface area (Å²) in [5, 5.41) is 0.702. The van der Waals surface area contributed by atoms with Gasteiger partial charge in [-0.2, -0.15) is 0 Å². The number of fused-ring (bicyclic) bond motifs is 1. The number of H-pyrrole nitrogens is 1. The Morgan fingerprint density at radius 2 is 1.66 bits per heavy atom. The second kappa shape index (κ2) is 7.46. The van der Waals surface area contributed by atoms with Crippen LogP contribution in [0, 0.1) is 0 Å². The fourth-order valence-electron chi connectivity index (χ4n) is 3.67. The van der Waals surface area contributed by atoms with Gasteiger partial charge in [0, 0.05) is 53.2 Å². The zero-order chi connectivity index (χ0) is 19.8. The Morgan fingerprint density at radius 1 is 0.931 bits per heavy atom. The molecule has 3 N–H and O–H groups in total. The molecule has 0 aliphatic carbocycles.